The van der Waals surface area contributed by atoms with Crippen LogP contribution in [-0.2, 0) is 11.3 Å². The molecule has 10 heteroatoms. The molecular formula is C20H19N5O5. The van der Waals surface area contributed by atoms with E-state index in [9.17, 15) is 14.4 Å². The molecule has 1 atom stereocenters. The zero-order valence-corrected chi connectivity index (χ0v) is 16.1. The zero-order chi connectivity index (χ0) is 21.1. The van der Waals surface area contributed by atoms with Crippen LogP contribution in [0.2, 0.25) is 0 Å². The van der Waals surface area contributed by atoms with Crippen molar-refractivity contribution in [2.24, 2.45) is 0 Å². The molecule has 4 rings (SSSR count). The van der Waals surface area contributed by atoms with Gasteiger partial charge in [-0.3, -0.25) is 14.4 Å². The first kappa shape index (κ1) is 19.4. The first-order valence-electron chi connectivity index (χ1n) is 9.33. The molecule has 1 N–H and O–H groups in total. The smallest absolute Gasteiger partial charge is 0.267 e. The van der Waals surface area contributed by atoms with Crippen LogP contribution in [0.4, 0.5) is 0 Å². The first-order valence-corrected chi connectivity index (χ1v) is 9.33. The van der Waals surface area contributed by atoms with E-state index < -0.39 is 17.5 Å². The zero-order valence-electron chi connectivity index (χ0n) is 16.1. The molecule has 0 saturated carbocycles. The Morgan fingerprint density at radius 3 is 2.80 bits per heavy atom. The number of aromatic nitrogens is 4. The number of nitrogens with one attached hydrogen (secondary N) is 1. The number of hydrogen-bond donors (Lipinski definition) is 1. The molecule has 30 heavy (non-hydrogen) atoms. The van der Waals surface area contributed by atoms with Crippen LogP contribution in [0.25, 0.3) is 11.3 Å². The fourth-order valence-electron chi connectivity index (χ4n) is 3.01. The highest BCUT2D eigenvalue weighted by Crippen LogP contribution is 2.35. The lowest BCUT2D eigenvalue weighted by atomic mass is 10.1. The van der Waals surface area contributed by atoms with Crippen molar-refractivity contribution in [3.8, 4) is 22.8 Å². The van der Waals surface area contributed by atoms with Crippen molar-refractivity contribution < 1.29 is 14.3 Å². The van der Waals surface area contributed by atoms with Crippen LogP contribution in [-0.4, -0.2) is 38.8 Å². The molecule has 3 aromatic rings. The monoisotopic (exact) mass is 409 g/mol. The maximum Gasteiger partial charge on any atom is 0.267 e. The number of ether oxygens (including phenoxy) is 2. The van der Waals surface area contributed by atoms with E-state index >= 15 is 0 Å². The average Bonchev–Trinajstić information content (AvgIpc) is 3.23. The van der Waals surface area contributed by atoms with Gasteiger partial charge in [-0.15, -0.1) is 0 Å². The minimum atomic E-state index is -0.841. The van der Waals surface area contributed by atoms with Crippen molar-refractivity contribution in [2.75, 3.05) is 13.3 Å². The first-order chi connectivity index (χ1) is 14.5. The second-order valence-corrected chi connectivity index (χ2v) is 6.62. The predicted molar refractivity (Wildman–Crippen MR) is 106 cm³/mol. The van der Waals surface area contributed by atoms with E-state index in [0.717, 1.165) is 10.2 Å². The molecule has 154 valence electrons. The van der Waals surface area contributed by atoms with E-state index in [4.69, 9.17) is 9.47 Å². The summed E-state index contributed by atoms with van der Waals surface area (Å²) in [6, 6.07) is 10.4. The second kappa shape index (κ2) is 8.19. The fraction of sp³-hybridized carbons (Fsp3) is 0.250. The van der Waals surface area contributed by atoms with Crippen LogP contribution in [0.5, 0.6) is 11.5 Å². The molecule has 1 unspecified atom stereocenters. The Bertz CT molecular complexity index is 1200. The van der Waals surface area contributed by atoms with Crippen LogP contribution in [0, 0.1) is 0 Å². The summed E-state index contributed by atoms with van der Waals surface area (Å²) in [5.41, 5.74) is 0.597. The maximum atomic E-state index is 12.5. The van der Waals surface area contributed by atoms with Gasteiger partial charge in [0.05, 0.1) is 12.2 Å². The summed E-state index contributed by atoms with van der Waals surface area (Å²) < 4.78 is 13.1. The topological polar surface area (TPSA) is 117 Å². The highest BCUT2D eigenvalue weighted by atomic mass is 16.7. The van der Waals surface area contributed by atoms with Gasteiger partial charge >= 0.3 is 0 Å². The molecule has 1 aliphatic heterocycles. The molecule has 0 fully saturated rings. The summed E-state index contributed by atoms with van der Waals surface area (Å²) in [7, 11) is 0. The van der Waals surface area contributed by atoms with Crippen LogP contribution in [0.15, 0.2) is 58.3 Å². The number of nitrogens with zero attached hydrogens (tertiary/aromatic N) is 4. The Hall–Kier alpha value is -3.95. The molecule has 1 amide bonds. The molecule has 0 spiro atoms. The highest BCUT2D eigenvalue weighted by molar-refractivity contribution is 5.79. The number of hydrogen-bond acceptors (Lipinski definition) is 7. The van der Waals surface area contributed by atoms with Crippen molar-refractivity contribution in [2.45, 2.75) is 19.5 Å². The van der Waals surface area contributed by atoms with Gasteiger partial charge in [-0.05, 0) is 37.3 Å². The highest BCUT2D eigenvalue weighted by Gasteiger charge is 2.19. The molecule has 1 aliphatic rings. The third-order valence-corrected chi connectivity index (χ3v) is 4.65. The van der Waals surface area contributed by atoms with Gasteiger partial charge < -0.3 is 14.8 Å². The van der Waals surface area contributed by atoms with E-state index in [0.29, 0.717) is 17.2 Å². The Morgan fingerprint density at radius 1 is 1.13 bits per heavy atom. The normalized spacial score (nSPS) is 13.1. The summed E-state index contributed by atoms with van der Waals surface area (Å²) in [5.74, 6) is 0.853. The van der Waals surface area contributed by atoms with E-state index in [1.54, 1.807) is 37.3 Å². The van der Waals surface area contributed by atoms with Gasteiger partial charge in [0.15, 0.2) is 11.5 Å². The van der Waals surface area contributed by atoms with E-state index in [-0.39, 0.29) is 25.4 Å². The summed E-state index contributed by atoms with van der Waals surface area (Å²) in [5, 5.41) is 11.0. The maximum absolute atomic E-state index is 12.5. The van der Waals surface area contributed by atoms with Gasteiger partial charge in [0.1, 0.15) is 6.04 Å². The molecular weight excluding hydrogens is 390 g/mol. The summed E-state index contributed by atoms with van der Waals surface area (Å²) >= 11 is 0. The Balaban J connectivity index is 1.48. The van der Waals surface area contributed by atoms with Crippen LogP contribution >= 0.6 is 0 Å². The van der Waals surface area contributed by atoms with Crippen molar-refractivity contribution in [1.82, 2.24) is 24.9 Å². The van der Waals surface area contributed by atoms with Crippen LogP contribution in [0.3, 0.4) is 0 Å². The van der Waals surface area contributed by atoms with Crippen LogP contribution < -0.4 is 25.9 Å². The van der Waals surface area contributed by atoms with Gasteiger partial charge in [-0.2, -0.15) is 10.2 Å². The summed E-state index contributed by atoms with van der Waals surface area (Å²) in [6.45, 7) is 2.15. The van der Waals surface area contributed by atoms with Crippen molar-refractivity contribution in [1.29, 1.82) is 0 Å². The Kier molecular flexibility index (Phi) is 5.29. The number of fused-ring (bicyclic) bond motifs is 1. The minimum Gasteiger partial charge on any atom is -0.454 e. The third-order valence-electron chi connectivity index (χ3n) is 4.65. The summed E-state index contributed by atoms with van der Waals surface area (Å²) in [6.07, 6.45) is 1.50. The van der Waals surface area contributed by atoms with Gasteiger partial charge in [0.25, 0.3) is 11.1 Å². The molecule has 10 nitrogen and oxygen atoms in total. The Labute approximate surface area is 170 Å². The number of benzene rings is 1. The van der Waals surface area contributed by atoms with Crippen molar-refractivity contribution >= 4 is 5.91 Å². The van der Waals surface area contributed by atoms with Crippen LogP contribution in [0.1, 0.15) is 13.0 Å². The SMILES string of the molecule is CC(C(=O)NCCn1ncccc1=O)n1nc(-c2ccc3c(c2)OCO3)ccc1=O. The molecule has 1 aromatic carbocycles. The molecule has 0 radical (unpaired) electrons. The van der Waals surface area contributed by atoms with Gasteiger partial charge in [-0.1, -0.05) is 0 Å². The largest absolute Gasteiger partial charge is 0.454 e. The minimum absolute atomic E-state index is 0.160. The van der Waals surface area contributed by atoms with Gasteiger partial charge in [0.2, 0.25) is 12.7 Å². The van der Waals surface area contributed by atoms with E-state index in [1.807, 2.05) is 0 Å². The number of amides is 1. The van der Waals surface area contributed by atoms with Crippen molar-refractivity contribution in [3.63, 3.8) is 0 Å². The lowest BCUT2D eigenvalue weighted by molar-refractivity contribution is -0.124. The molecule has 0 saturated heterocycles. The van der Waals surface area contributed by atoms with Gasteiger partial charge in [0, 0.05) is 30.4 Å². The predicted octanol–water partition coefficient (Wildman–Crippen LogP) is 0.573. The average molecular weight is 409 g/mol. The van der Waals surface area contributed by atoms with Gasteiger partial charge in [-0.25, -0.2) is 9.36 Å². The quantitative estimate of drug-likeness (QED) is 0.633. The third kappa shape index (κ3) is 3.93. The molecule has 0 bridgehead atoms. The van der Waals surface area contributed by atoms with Crippen molar-refractivity contribution in [3.05, 3.63) is 69.4 Å². The standard InChI is InChI=1S/C20H19N5O5/c1-13(20(28)21-9-10-24-18(26)3-2-8-22-24)25-19(27)7-5-15(23-25)14-4-6-16-17(11-14)30-12-29-16/h2-8,11,13H,9-10,12H2,1H3,(H,21,28). The molecule has 3 heterocycles. The van der Waals surface area contributed by atoms with E-state index in [1.165, 1.54) is 23.0 Å². The summed E-state index contributed by atoms with van der Waals surface area (Å²) in [4.78, 5) is 36.5. The van der Waals surface area contributed by atoms with E-state index in [2.05, 4.69) is 15.5 Å². The second-order valence-electron chi connectivity index (χ2n) is 6.62. The number of rotatable bonds is 6. The number of carbonyl (C=O) groups excluding carboxylic acids is 1. The lowest BCUT2D eigenvalue weighted by Gasteiger charge is -2.15. The lowest BCUT2D eigenvalue weighted by Crippen LogP contribution is -2.39. The molecule has 0 aliphatic carbocycles. The fourth-order valence-corrected chi connectivity index (χ4v) is 3.01. The number of carbonyl (C=O) groups is 1. The Morgan fingerprint density at radius 2 is 1.97 bits per heavy atom. The molecule has 2 aromatic heterocycles.